The number of nitrogens with one attached hydrogen (secondary N) is 1. The molecule has 0 fully saturated rings. The number of hydrogen-bond donors (Lipinski definition) is 1. The monoisotopic (exact) mass is 292 g/mol. The number of amides is 2. The molecule has 0 saturated carbocycles. The van der Waals surface area contributed by atoms with Crippen LogP contribution in [0, 0.1) is 6.92 Å². The molecule has 1 aromatic heterocycles. The van der Waals surface area contributed by atoms with E-state index in [4.69, 9.17) is 0 Å². The summed E-state index contributed by atoms with van der Waals surface area (Å²) in [6, 6.07) is 3.81. The number of hydrogen-bond acceptors (Lipinski definition) is 4. The van der Waals surface area contributed by atoms with Crippen molar-refractivity contribution in [1.29, 1.82) is 0 Å². The Morgan fingerprint density at radius 2 is 1.95 bits per heavy atom. The van der Waals surface area contributed by atoms with Crippen molar-refractivity contribution in [1.82, 2.24) is 14.8 Å². The van der Waals surface area contributed by atoms with E-state index in [1.165, 1.54) is 0 Å². The van der Waals surface area contributed by atoms with Gasteiger partial charge in [0, 0.05) is 19.3 Å². The van der Waals surface area contributed by atoms with E-state index in [0.29, 0.717) is 5.82 Å². The van der Waals surface area contributed by atoms with E-state index in [9.17, 15) is 9.59 Å². The summed E-state index contributed by atoms with van der Waals surface area (Å²) >= 11 is 0. The maximum absolute atomic E-state index is 11.9. The SMILES string of the molecule is Cc1ccnc(NC(=O)CN(C)CC(=O)N(C)C(C)C)c1. The van der Waals surface area contributed by atoms with Crippen LogP contribution in [0.1, 0.15) is 19.4 Å². The minimum atomic E-state index is -0.185. The fourth-order valence-electron chi connectivity index (χ4n) is 1.72. The first-order chi connectivity index (χ1) is 9.79. The standard InChI is InChI=1S/C15H24N4O2/c1-11(2)19(5)15(21)10-18(4)9-14(20)17-13-8-12(3)6-7-16-13/h6-8,11H,9-10H2,1-5H3,(H,16,17,20). The second-order valence-corrected chi connectivity index (χ2v) is 5.54. The Balaban J connectivity index is 2.45. The lowest BCUT2D eigenvalue weighted by Crippen LogP contribution is -2.42. The smallest absolute Gasteiger partial charge is 0.239 e. The molecular formula is C15H24N4O2. The third kappa shape index (κ3) is 5.91. The van der Waals surface area contributed by atoms with Crippen LogP contribution >= 0.6 is 0 Å². The lowest BCUT2D eigenvalue weighted by atomic mass is 10.3. The van der Waals surface area contributed by atoms with Gasteiger partial charge in [0.05, 0.1) is 13.1 Å². The van der Waals surface area contributed by atoms with Crippen LogP contribution in [0.2, 0.25) is 0 Å². The molecule has 2 amide bonds. The van der Waals surface area contributed by atoms with Gasteiger partial charge in [0.15, 0.2) is 0 Å². The van der Waals surface area contributed by atoms with Crippen LogP contribution in [0.25, 0.3) is 0 Å². The fourth-order valence-corrected chi connectivity index (χ4v) is 1.72. The molecule has 0 aliphatic carbocycles. The highest BCUT2D eigenvalue weighted by atomic mass is 16.2. The molecule has 0 radical (unpaired) electrons. The van der Waals surface area contributed by atoms with Crippen molar-refractivity contribution in [2.75, 3.05) is 32.5 Å². The number of carbonyl (C=O) groups excluding carboxylic acids is 2. The summed E-state index contributed by atoms with van der Waals surface area (Å²) in [5, 5.41) is 2.72. The highest BCUT2D eigenvalue weighted by Gasteiger charge is 2.16. The predicted molar refractivity (Wildman–Crippen MR) is 83.0 cm³/mol. The molecule has 21 heavy (non-hydrogen) atoms. The average Bonchev–Trinajstić information content (AvgIpc) is 2.36. The maximum Gasteiger partial charge on any atom is 0.239 e. The summed E-state index contributed by atoms with van der Waals surface area (Å²) in [7, 11) is 3.51. The van der Waals surface area contributed by atoms with E-state index >= 15 is 0 Å². The zero-order valence-corrected chi connectivity index (χ0v) is 13.4. The Kier molecular flexibility index (Phi) is 6.30. The predicted octanol–water partition coefficient (Wildman–Crippen LogP) is 1.13. The van der Waals surface area contributed by atoms with E-state index in [-0.39, 0.29) is 30.9 Å². The van der Waals surface area contributed by atoms with Gasteiger partial charge in [-0.3, -0.25) is 14.5 Å². The number of aromatic nitrogens is 1. The van der Waals surface area contributed by atoms with E-state index in [0.717, 1.165) is 5.56 Å². The first-order valence-electron chi connectivity index (χ1n) is 6.96. The van der Waals surface area contributed by atoms with Crippen molar-refractivity contribution in [2.24, 2.45) is 0 Å². The Morgan fingerprint density at radius 1 is 1.29 bits per heavy atom. The summed E-state index contributed by atoms with van der Waals surface area (Å²) in [4.78, 5) is 31.2. The van der Waals surface area contributed by atoms with Crippen LogP contribution in [0.4, 0.5) is 5.82 Å². The van der Waals surface area contributed by atoms with Crippen molar-refractivity contribution >= 4 is 17.6 Å². The lowest BCUT2D eigenvalue weighted by molar-refractivity contribution is -0.132. The van der Waals surface area contributed by atoms with Gasteiger partial charge in [0.1, 0.15) is 5.82 Å². The van der Waals surface area contributed by atoms with Crippen LogP contribution < -0.4 is 5.32 Å². The van der Waals surface area contributed by atoms with Gasteiger partial charge < -0.3 is 10.2 Å². The normalized spacial score (nSPS) is 10.8. The van der Waals surface area contributed by atoms with Crippen LogP contribution in [0.15, 0.2) is 18.3 Å². The molecule has 6 heteroatoms. The Morgan fingerprint density at radius 3 is 2.52 bits per heavy atom. The van der Waals surface area contributed by atoms with E-state index < -0.39 is 0 Å². The summed E-state index contributed by atoms with van der Waals surface area (Å²) in [5.41, 5.74) is 1.03. The molecule has 0 bridgehead atoms. The molecular weight excluding hydrogens is 268 g/mol. The largest absolute Gasteiger partial charge is 0.342 e. The second-order valence-electron chi connectivity index (χ2n) is 5.54. The molecule has 6 nitrogen and oxygen atoms in total. The molecule has 116 valence electrons. The Hall–Kier alpha value is -1.95. The number of rotatable bonds is 6. The van der Waals surface area contributed by atoms with Crippen LogP contribution in [0.3, 0.4) is 0 Å². The van der Waals surface area contributed by atoms with E-state index in [2.05, 4.69) is 10.3 Å². The first-order valence-corrected chi connectivity index (χ1v) is 6.96. The first kappa shape index (κ1) is 17.1. The molecule has 0 aliphatic rings. The number of carbonyl (C=O) groups is 2. The van der Waals surface area contributed by atoms with Gasteiger partial charge in [-0.25, -0.2) is 4.98 Å². The quantitative estimate of drug-likeness (QED) is 0.853. The van der Waals surface area contributed by atoms with Crippen molar-refractivity contribution in [3.63, 3.8) is 0 Å². The molecule has 1 rings (SSSR count). The van der Waals surface area contributed by atoms with Crippen LogP contribution in [0.5, 0.6) is 0 Å². The van der Waals surface area contributed by atoms with Gasteiger partial charge in [-0.1, -0.05) is 0 Å². The zero-order chi connectivity index (χ0) is 16.0. The van der Waals surface area contributed by atoms with Gasteiger partial charge in [-0.2, -0.15) is 0 Å². The molecule has 0 unspecified atom stereocenters. The summed E-state index contributed by atoms with van der Waals surface area (Å²) < 4.78 is 0. The van der Waals surface area contributed by atoms with Crippen LogP contribution in [-0.4, -0.2) is 59.8 Å². The molecule has 0 aliphatic heterocycles. The van der Waals surface area contributed by atoms with E-state index in [1.807, 2.05) is 26.8 Å². The van der Waals surface area contributed by atoms with Gasteiger partial charge >= 0.3 is 0 Å². The Labute approximate surface area is 126 Å². The molecule has 0 saturated heterocycles. The minimum Gasteiger partial charge on any atom is -0.342 e. The van der Waals surface area contributed by atoms with Crippen molar-refractivity contribution in [2.45, 2.75) is 26.8 Å². The minimum absolute atomic E-state index is 0.00557. The number of aryl methyl sites for hydroxylation is 1. The maximum atomic E-state index is 11.9. The number of pyridine rings is 1. The molecule has 1 aromatic rings. The molecule has 1 N–H and O–H groups in total. The fraction of sp³-hybridized carbons (Fsp3) is 0.533. The molecule has 0 aromatic carbocycles. The van der Waals surface area contributed by atoms with Crippen molar-refractivity contribution < 1.29 is 9.59 Å². The third-order valence-electron chi connectivity index (χ3n) is 3.17. The number of likely N-dealkylation sites (N-methyl/N-ethyl adjacent to an activating group) is 2. The molecule has 0 spiro atoms. The third-order valence-corrected chi connectivity index (χ3v) is 3.17. The summed E-state index contributed by atoms with van der Waals surface area (Å²) in [6.07, 6.45) is 1.65. The van der Waals surface area contributed by atoms with Gasteiger partial charge in [0.2, 0.25) is 11.8 Å². The highest BCUT2D eigenvalue weighted by Crippen LogP contribution is 2.05. The van der Waals surface area contributed by atoms with E-state index in [1.54, 1.807) is 36.2 Å². The average molecular weight is 292 g/mol. The highest BCUT2D eigenvalue weighted by molar-refractivity contribution is 5.91. The molecule has 1 heterocycles. The topological polar surface area (TPSA) is 65.5 Å². The second kappa shape index (κ2) is 7.73. The van der Waals surface area contributed by atoms with Crippen LogP contribution in [-0.2, 0) is 9.59 Å². The van der Waals surface area contributed by atoms with Crippen molar-refractivity contribution in [3.8, 4) is 0 Å². The summed E-state index contributed by atoms with van der Waals surface area (Å²) in [6.45, 7) is 6.20. The van der Waals surface area contributed by atoms with Gasteiger partial charge in [0.25, 0.3) is 0 Å². The molecule has 0 atom stereocenters. The zero-order valence-electron chi connectivity index (χ0n) is 13.4. The lowest BCUT2D eigenvalue weighted by Gasteiger charge is -2.24. The number of nitrogens with zero attached hydrogens (tertiary/aromatic N) is 3. The Bertz CT molecular complexity index is 502. The summed E-state index contributed by atoms with van der Waals surface area (Å²) in [5.74, 6) is 0.337. The van der Waals surface area contributed by atoms with Crippen molar-refractivity contribution in [3.05, 3.63) is 23.9 Å². The van der Waals surface area contributed by atoms with Gasteiger partial charge in [-0.05, 0) is 45.5 Å². The van der Waals surface area contributed by atoms with Gasteiger partial charge in [-0.15, -0.1) is 0 Å². The number of anilines is 1.